The van der Waals surface area contributed by atoms with Gasteiger partial charge in [0.2, 0.25) is 11.8 Å². The summed E-state index contributed by atoms with van der Waals surface area (Å²) in [5, 5.41) is 0. The Labute approximate surface area is 119 Å². The number of ether oxygens (including phenoxy) is 1. The van der Waals surface area contributed by atoms with Gasteiger partial charge in [0.05, 0.1) is 18.4 Å². The van der Waals surface area contributed by atoms with Crippen LogP contribution in [-0.2, 0) is 19.1 Å². The highest BCUT2D eigenvalue weighted by atomic mass is 16.5. The topological polar surface area (TPSA) is 63.7 Å². The monoisotopic (exact) mass is 279 g/mol. The Kier molecular flexibility index (Phi) is 4.26. The predicted molar refractivity (Wildman–Crippen MR) is 72.4 cm³/mol. The average molecular weight is 279 g/mol. The lowest BCUT2D eigenvalue weighted by Gasteiger charge is -2.29. The summed E-state index contributed by atoms with van der Waals surface area (Å²) in [5.41, 5.74) is 0. The van der Waals surface area contributed by atoms with Crippen LogP contribution in [-0.4, -0.2) is 35.8 Å². The molecule has 0 unspecified atom stereocenters. The summed E-state index contributed by atoms with van der Waals surface area (Å²) in [4.78, 5) is 37.2. The molecule has 110 valence electrons. The van der Waals surface area contributed by atoms with Crippen molar-refractivity contribution >= 4 is 17.8 Å². The van der Waals surface area contributed by atoms with Crippen molar-refractivity contribution in [2.45, 2.75) is 27.2 Å². The number of rotatable bonds is 4. The number of hydrogen-bond acceptors (Lipinski definition) is 4. The van der Waals surface area contributed by atoms with Gasteiger partial charge in [-0.1, -0.05) is 26.0 Å². The van der Waals surface area contributed by atoms with E-state index in [1.807, 2.05) is 26.0 Å². The van der Waals surface area contributed by atoms with Crippen molar-refractivity contribution in [1.29, 1.82) is 0 Å². The van der Waals surface area contributed by atoms with Gasteiger partial charge in [-0.15, -0.1) is 0 Å². The predicted octanol–water partition coefficient (Wildman–Crippen LogP) is 1.38. The fourth-order valence-corrected chi connectivity index (χ4v) is 3.15. The van der Waals surface area contributed by atoms with Crippen LogP contribution in [0.25, 0.3) is 0 Å². The molecule has 0 aromatic carbocycles. The lowest BCUT2D eigenvalue weighted by molar-refractivity contribution is -0.145. The third kappa shape index (κ3) is 2.49. The molecule has 20 heavy (non-hydrogen) atoms. The quantitative estimate of drug-likeness (QED) is 0.443. The fraction of sp³-hybridized carbons (Fsp3) is 0.667. The van der Waals surface area contributed by atoms with E-state index in [2.05, 4.69) is 0 Å². The van der Waals surface area contributed by atoms with Crippen molar-refractivity contribution in [3.8, 4) is 0 Å². The molecule has 1 heterocycles. The first kappa shape index (κ1) is 14.8. The summed E-state index contributed by atoms with van der Waals surface area (Å²) >= 11 is 0. The number of fused-ring (bicyclic) bond motifs is 1. The molecule has 0 bridgehead atoms. The van der Waals surface area contributed by atoms with Crippen molar-refractivity contribution in [2.24, 2.45) is 23.7 Å². The Morgan fingerprint density at radius 3 is 2.50 bits per heavy atom. The van der Waals surface area contributed by atoms with Gasteiger partial charge in [-0.3, -0.25) is 19.3 Å². The SMILES string of the molecule is CCCN1C(=O)[C@@H]2[C@H](C1=O)[C@@H](COC(C)=O)C=C[C@H]2C. The lowest BCUT2D eigenvalue weighted by Crippen LogP contribution is -2.35. The maximum atomic E-state index is 12.5. The Morgan fingerprint density at radius 1 is 1.25 bits per heavy atom. The van der Waals surface area contributed by atoms with Gasteiger partial charge in [0.15, 0.2) is 0 Å². The molecule has 0 aromatic rings. The molecule has 0 spiro atoms. The van der Waals surface area contributed by atoms with Gasteiger partial charge in [0, 0.05) is 19.4 Å². The third-order valence-corrected chi connectivity index (χ3v) is 4.11. The molecule has 1 aliphatic carbocycles. The lowest BCUT2D eigenvalue weighted by atomic mass is 9.73. The molecule has 2 amide bonds. The van der Waals surface area contributed by atoms with Crippen LogP contribution in [0.5, 0.6) is 0 Å². The summed E-state index contributed by atoms with van der Waals surface area (Å²) in [6, 6.07) is 0. The molecule has 5 nitrogen and oxygen atoms in total. The Hall–Kier alpha value is -1.65. The van der Waals surface area contributed by atoms with E-state index in [-0.39, 0.29) is 48.1 Å². The Bertz CT molecular complexity index is 457. The zero-order chi connectivity index (χ0) is 14.9. The molecule has 0 aromatic heterocycles. The summed E-state index contributed by atoms with van der Waals surface area (Å²) in [5.74, 6) is -1.39. The maximum Gasteiger partial charge on any atom is 0.302 e. The largest absolute Gasteiger partial charge is 0.465 e. The van der Waals surface area contributed by atoms with E-state index in [0.717, 1.165) is 6.42 Å². The summed E-state index contributed by atoms with van der Waals surface area (Å²) in [6.45, 7) is 5.88. The van der Waals surface area contributed by atoms with Crippen LogP contribution in [0.2, 0.25) is 0 Å². The second kappa shape index (κ2) is 5.77. The molecular formula is C15H21NO4. The number of nitrogens with zero attached hydrogens (tertiary/aromatic N) is 1. The maximum absolute atomic E-state index is 12.5. The van der Waals surface area contributed by atoms with Crippen LogP contribution < -0.4 is 0 Å². The molecule has 0 N–H and O–H groups in total. The molecule has 5 heteroatoms. The van der Waals surface area contributed by atoms with Crippen molar-refractivity contribution in [3.63, 3.8) is 0 Å². The highest BCUT2D eigenvalue weighted by Gasteiger charge is 2.53. The van der Waals surface area contributed by atoms with E-state index < -0.39 is 0 Å². The highest BCUT2D eigenvalue weighted by molar-refractivity contribution is 6.05. The van der Waals surface area contributed by atoms with E-state index in [1.54, 1.807) is 0 Å². The van der Waals surface area contributed by atoms with Gasteiger partial charge >= 0.3 is 5.97 Å². The van der Waals surface area contributed by atoms with Gasteiger partial charge in [-0.25, -0.2) is 0 Å². The van der Waals surface area contributed by atoms with E-state index >= 15 is 0 Å². The molecular weight excluding hydrogens is 258 g/mol. The molecule has 4 atom stereocenters. The van der Waals surface area contributed by atoms with Gasteiger partial charge < -0.3 is 4.74 Å². The first-order valence-electron chi connectivity index (χ1n) is 7.14. The second-order valence-corrected chi connectivity index (χ2v) is 5.59. The van der Waals surface area contributed by atoms with Crippen molar-refractivity contribution in [1.82, 2.24) is 4.90 Å². The Balaban J connectivity index is 2.22. The second-order valence-electron chi connectivity index (χ2n) is 5.59. The minimum absolute atomic E-state index is 0.0480. The van der Waals surface area contributed by atoms with Gasteiger partial charge in [0.1, 0.15) is 0 Å². The third-order valence-electron chi connectivity index (χ3n) is 4.11. The zero-order valence-corrected chi connectivity index (χ0v) is 12.2. The van der Waals surface area contributed by atoms with E-state index in [1.165, 1.54) is 11.8 Å². The van der Waals surface area contributed by atoms with Crippen LogP contribution in [0.4, 0.5) is 0 Å². The standard InChI is InChI=1S/C15H21NO4/c1-4-7-16-14(18)12-9(2)5-6-11(8-20-10(3)17)13(12)15(16)19/h5-6,9,11-13H,4,7-8H2,1-3H3/t9-,11-,12+,13-/m1/s1. The zero-order valence-electron chi connectivity index (χ0n) is 12.2. The fourth-order valence-electron chi connectivity index (χ4n) is 3.15. The number of likely N-dealkylation sites (tertiary alicyclic amines) is 1. The molecule has 0 saturated carbocycles. The summed E-state index contributed by atoms with van der Waals surface area (Å²) in [6.07, 6.45) is 4.62. The van der Waals surface area contributed by atoms with Crippen LogP contribution in [0, 0.1) is 23.7 Å². The molecule has 1 fully saturated rings. The number of allylic oxidation sites excluding steroid dienone is 1. The highest BCUT2D eigenvalue weighted by Crippen LogP contribution is 2.41. The van der Waals surface area contributed by atoms with Crippen LogP contribution in [0.3, 0.4) is 0 Å². The number of esters is 1. The summed E-state index contributed by atoms with van der Waals surface area (Å²) in [7, 11) is 0. The van der Waals surface area contributed by atoms with Crippen molar-refractivity contribution in [2.75, 3.05) is 13.2 Å². The average Bonchev–Trinajstić information content (AvgIpc) is 2.64. The van der Waals surface area contributed by atoms with Crippen LogP contribution >= 0.6 is 0 Å². The number of imide groups is 1. The molecule has 2 rings (SSSR count). The number of carbonyl (C=O) groups is 3. The Morgan fingerprint density at radius 2 is 1.90 bits per heavy atom. The minimum atomic E-state index is -0.381. The van der Waals surface area contributed by atoms with E-state index in [4.69, 9.17) is 4.74 Å². The first-order chi connectivity index (χ1) is 9.47. The molecule has 1 saturated heterocycles. The number of amides is 2. The van der Waals surface area contributed by atoms with Crippen molar-refractivity contribution < 1.29 is 19.1 Å². The number of carbonyl (C=O) groups excluding carboxylic acids is 3. The van der Waals surface area contributed by atoms with E-state index in [0.29, 0.717) is 6.54 Å². The molecule has 0 radical (unpaired) electrons. The van der Waals surface area contributed by atoms with Crippen LogP contribution in [0.15, 0.2) is 12.2 Å². The summed E-state index contributed by atoms with van der Waals surface area (Å²) < 4.78 is 5.03. The normalized spacial score (nSPS) is 32.5. The van der Waals surface area contributed by atoms with E-state index in [9.17, 15) is 14.4 Å². The molecule has 1 aliphatic heterocycles. The first-order valence-corrected chi connectivity index (χ1v) is 7.14. The number of hydrogen-bond donors (Lipinski definition) is 0. The smallest absolute Gasteiger partial charge is 0.302 e. The molecule has 2 aliphatic rings. The van der Waals surface area contributed by atoms with Gasteiger partial charge in [0.25, 0.3) is 0 Å². The minimum Gasteiger partial charge on any atom is -0.465 e. The van der Waals surface area contributed by atoms with Gasteiger partial charge in [-0.05, 0) is 12.3 Å². The van der Waals surface area contributed by atoms with Crippen molar-refractivity contribution in [3.05, 3.63) is 12.2 Å². The van der Waals surface area contributed by atoms with Crippen LogP contribution in [0.1, 0.15) is 27.2 Å². The van der Waals surface area contributed by atoms with Gasteiger partial charge in [-0.2, -0.15) is 0 Å².